The van der Waals surface area contributed by atoms with E-state index < -0.39 is 0 Å². The van der Waals surface area contributed by atoms with E-state index in [1.54, 1.807) is 5.56 Å². The summed E-state index contributed by atoms with van der Waals surface area (Å²) in [6, 6.07) is 41.6. The van der Waals surface area contributed by atoms with Gasteiger partial charge in [-0.3, -0.25) is 0 Å². The van der Waals surface area contributed by atoms with Gasteiger partial charge in [0.25, 0.3) is 0 Å². The minimum absolute atomic E-state index is 0. The van der Waals surface area contributed by atoms with Gasteiger partial charge in [-0.25, -0.2) is 0 Å². The summed E-state index contributed by atoms with van der Waals surface area (Å²) in [6.45, 7) is 16.6. The molecule has 4 saturated carbocycles. The van der Waals surface area contributed by atoms with Crippen LogP contribution in [0.4, 0.5) is 0 Å². The number of hydrogen-bond donors (Lipinski definition) is 0. The van der Waals surface area contributed by atoms with Crippen molar-refractivity contribution < 1.29 is 23.3 Å². The van der Waals surface area contributed by atoms with Crippen LogP contribution in [0, 0.1) is 32.6 Å². The van der Waals surface area contributed by atoms with Crippen LogP contribution >= 0.6 is 24.8 Å². The molecule has 2 radical (unpaired) electrons. The van der Waals surface area contributed by atoms with Gasteiger partial charge in [0.2, 0.25) is 0 Å². The summed E-state index contributed by atoms with van der Waals surface area (Å²) >= 11 is 1.36. The summed E-state index contributed by atoms with van der Waals surface area (Å²) in [5.74, 6) is 3.62. The van der Waals surface area contributed by atoms with Gasteiger partial charge in [0.05, 0.1) is 0 Å². The molecule has 0 aliphatic heterocycles. The van der Waals surface area contributed by atoms with Crippen molar-refractivity contribution in [2.75, 3.05) is 0 Å². The Morgan fingerprint density at radius 1 is 0.673 bits per heavy atom. The summed E-state index contributed by atoms with van der Waals surface area (Å²) in [4.78, 5) is 0. The molecule has 0 N–H and O–H groups in total. The van der Waals surface area contributed by atoms with Crippen molar-refractivity contribution >= 4 is 53.2 Å². The van der Waals surface area contributed by atoms with Crippen molar-refractivity contribution in [1.82, 2.24) is 0 Å². The second-order valence-corrected chi connectivity index (χ2v) is 17.4. The number of hydrogen-bond acceptors (Lipinski definition) is 0. The Hall–Kier alpha value is -2.22. The van der Waals surface area contributed by atoms with Gasteiger partial charge in [0.1, 0.15) is 0 Å². The van der Waals surface area contributed by atoms with E-state index in [1.807, 2.05) is 0 Å². The van der Waals surface area contributed by atoms with Crippen molar-refractivity contribution in [2.24, 2.45) is 17.8 Å². The Morgan fingerprint density at radius 2 is 1.13 bits per heavy atom. The molecule has 4 bridgehead atoms. The summed E-state index contributed by atoms with van der Waals surface area (Å²) < 4.78 is 0. The minimum atomic E-state index is 0. The third-order valence-corrected chi connectivity index (χ3v) is 12.6. The topological polar surface area (TPSA) is 0 Å². The van der Waals surface area contributed by atoms with Crippen LogP contribution in [0.25, 0.3) is 43.8 Å². The monoisotopic (exact) mass is 862 g/mol. The number of aryl methyl sites for hydroxylation is 1. The first kappa shape index (κ1) is 47.2. The van der Waals surface area contributed by atoms with Crippen molar-refractivity contribution in [2.45, 2.75) is 103 Å². The molecule has 0 aromatic heterocycles. The third-order valence-electron chi connectivity index (χ3n) is 12.6. The molecule has 4 aliphatic carbocycles. The van der Waals surface area contributed by atoms with Gasteiger partial charge in [0, 0.05) is 0 Å². The summed E-state index contributed by atoms with van der Waals surface area (Å²) in [5.41, 5.74) is 12.0. The molecular weight excluding hydrogens is 803 g/mol. The molecule has 0 saturated heterocycles. The van der Waals surface area contributed by atoms with E-state index >= 15 is 0 Å². The molecule has 4 heteroatoms. The Labute approximate surface area is 363 Å². The Balaban J connectivity index is 0.000000269. The maximum absolute atomic E-state index is 3.06. The standard InChI is InChI=1S/C27H29.C22H25.2CH3.2ClH.Si.Zr/c1-2-18-13-23-4-3-5-25(26(23)14-18)22-6-8-24(9-7-22)27-15-19-10-20(16-27)12-21(11-19)17-27;1-15(2)18-13-17-7-6-8-20(21(17)14-18)16-9-11-19(12-10-16)22(3,4)5;;;;;;/h3-9,13-14,19-21H,2,10-12,15-17H2,1H3;6-15H,1-5H3;2*1H3;2*1H;;/q4*-1;;;;. The van der Waals surface area contributed by atoms with E-state index in [9.17, 15) is 0 Å². The van der Waals surface area contributed by atoms with Crippen LogP contribution in [0.3, 0.4) is 0 Å². The van der Waals surface area contributed by atoms with Gasteiger partial charge in [-0.1, -0.05) is 113 Å². The van der Waals surface area contributed by atoms with Gasteiger partial charge in [0.15, 0.2) is 0 Å². The molecule has 0 atom stereocenters. The van der Waals surface area contributed by atoms with Crippen LogP contribution in [0.15, 0.2) is 109 Å². The predicted molar refractivity (Wildman–Crippen MR) is 245 cm³/mol. The first-order valence-electron chi connectivity index (χ1n) is 19.4. The second-order valence-electron chi connectivity index (χ2n) is 17.4. The van der Waals surface area contributed by atoms with Crippen LogP contribution in [0.2, 0.25) is 0 Å². The van der Waals surface area contributed by atoms with E-state index in [2.05, 4.69) is 158 Å². The molecule has 292 valence electrons. The first-order valence-corrected chi connectivity index (χ1v) is 23.6. The third kappa shape index (κ3) is 9.74. The van der Waals surface area contributed by atoms with Gasteiger partial charge in [-0.2, -0.15) is 12.1 Å². The van der Waals surface area contributed by atoms with Crippen LogP contribution < -0.4 is 0 Å². The molecule has 4 fully saturated rings. The Kier molecular flexibility index (Phi) is 16.7. The van der Waals surface area contributed by atoms with Gasteiger partial charge < -0.3 is 14.9 Å². The molecule has 10 rings (SSSR count). The van der Waals surface area contributed by atoms with E-state index in [0.717, 1.165) is 24.2 Å². The van der Waals surface area contributed by atoms with Gasteiger partial charge >= 0.3 is 30.2 Å². The summed E-state index contributed by atoms with van der Waals surface area (Å²) in [7, 11) is 0. The van der Waals surface area contributed by atoms with Crippen molar-refractivity contribution in [3.8, 4) is 22.3 Å². The summed E-state index contributed by atoms with van der Waals surface area (Å²) in [6.07, 6.45) is 10.0. The van der Waals surface area contributed by atoms with Crippen LogP contribution in [0.1, 0.15) is 108 Å². The van der Waals surface area contributed by atoms with Crippen molar-refractivity contribution in [3.05, 3.63) is 146 Å². The van der Waals surface area contributed by atoms with E-state index in [-0.39, 0.29) is 45.1 Å². The van der Waals surface area contributed by atoms with Crippen LogP contribution in [0.5, 0.6) is 0 Å². The van der Waals surface area contributed by atoms with Gasteiger partial charge in [-0.15, -0.1) is 93.9 Å². The van der Waals surface area contributed by atoms with Crippen LogP contribution in [-0.2, 0) is 40.6 Å². The molecule has 0 amide bonds. The quantitative estimate of drug-likeness (QED) is 0.120. The fourth-order valence-electron chi connectivity index (χ4n) is 10.2. The average Bonchev–Trinajstić information content (AvgIpc) is 3.77. The van der Waals surface area contributed by atoms with Crippen molar-refractivity contribution in [1.29, 1.82) is 0 Å². The number of rotatable bonds is 5. The fraction of sp³-hybridized carbons (Fsp3) is 0.373. The summed E-state index contributed by atoms with van der Waals surface area (Å²) in [5, 5.41) is 5.52. The van der Waals surface area contributed by atoms with Crippen molar-refractivity contribution in [3.63, 3.8) is 0 Å². The second kappa shape index (κ2) is 19.5. The molecule has 6 aromatic rings. The number of halogens is 2. The number of benzene rings is 4. The molecule has 0 heterocycles. The Morgan fingerprint density at radius 3 is 1.58 bits per heavy atom. The zero-order valence-electron chi connectivity index (χ0n) is 34.5. The number of fused-ring (bicyclic) bond motifs is 2. The van der Waals surface area contributed by atoms with E-state index in [4.69, 9.17) is 0 Å². The predicted octanol–water partition coefficient (Wildman–Crippen LogP) is 15.3. The first-order chi connectivity index (χ1) is 24.6. The molecule has 55 heavy (non-hydrogen) atoms. The molecule has 6 aromatic carbocycles. The van der Waals surface area contributed by atoms with Crippen LogP contribution in [-0.4, -0.2) is 6.88 Å². The molecule has 0 nitrogen and oxygen atoms in total. The van der Waals surface area contributed by atoms with E-state index in [1.165, 1.54) is 122 Å². The molecule has 0 spiro atoms. The molecular formula is C51H62Cl2SiZr-4. The molecule has 4 aliphatic rings. The SMILES string of the molecule is CC(C)c1cc2c(-c3ccc(C(C)(C)C)cc3)cccc2[cH-]1.CCc1cc2c(-c3ccc(C45CC6CC(CC(C6)C4)C5)cc3)cccc2[cH-]1.Cl.Cl.[CH3-].[CH3-].[Si]=[Zr]. The van der Waals surface area contributed by atoms with Gasteiger partial charge in [-0.05, 0) is 102 Å². The fourth-order valence-corrected chi connectivity index (χ4v) is 10.2. The normalized spacial score (nSPS) is 20.5. The zero-order valence-corrected chi connectivity index (χ0v) is 39.6. The molecule has 0 unspecified atom stereocenters. The Bertz CT molecular complexity index is 2070. The average molecular weight is 865 g/mol. The van der Waals surface area contributed by atoms with E-state index in [0.29, 0.717) is 11.3 Å². The zero-order chi connectivity index (χ0) is 35.9. The maximum atomic E-state index is 3.06.